The van der Waals surface area contributed by atoms with Crippen LogP contribution in [0.3, 0.4) is 0 Å². The van der Waals surface area contributed by atoms with E-state index in [1.54, 1.807) is 0 Å². The molecule has 0 amide bonds. The van der Waals surface area contributed by atoms with Crippen LogP contribution in [0.4, 0.5) is 0 Å². The molecule has 0 aliphatic heterocycles. The maximum atomic E-state index is 10.1. The van der Waals surface area contributed by atoms with E-state index >= 15 is 0 Å². The first kappa shape index (κ1) is 20.5. The summed E-state index contributed by atoms with van der Waals surface area (Å²) in [5.74, 6) is -2.42. The normalized spacial score (nSPS) is 9.25. The summed E-state index contributed by atoms with van der Waals surface area (Å²) in [4.78, 5) is 29.9. The lowest BCUT2D eigenvalue weighted by molar-refractivity contribution is -0.138. The van der Waals surface area contributed by atoms with Crippen LogP contribution in [-0.2, 0) is 14.4 Å². The number of aliphatic carboxylic acids is 3. The van der Waals surface area contributed by atoms with Gasteiger partial charge in [0.15, 0.2) is 0 Å². The van der Waals surface area contributed by atoms with Gasteiger partial charge in [-0.3, -0.25) is 9.59 Å². The van der Waals surface area contributed by atoms with Crippen LogP contribution >= 0.6 is 0 Å². The van der Waals surface area contributed by atoms with Crippen molar-refractivity contribution in [3.63, 3.8) is 0 Å². The molecule has 3 N–H and O–H groups in total. The summed E-state index contributed by atoms with van der Waals surface area (Å²) < 4.78 is 0. The van der Waals surface area contributed by atoms with E-state index in [0.717, 1.165) is 38.5 Å². The van der Waals surface area contributed by atoms with Crippen LogP contribution in [0.2, 0.25) is 0 Å². The first-order valence-corrected chi connectivity index (χ1v) is 6.59. The minimum Gasteiger partial charge on any atom is -0.481 e. The number of rotatable bonds is 10. The molecule has 0 aromatic carbocycles. The molecule has 0 atom stereocenters. The van der Waals surface area contributed by atoms with Gasteiger partial charge in [-0.15, -0.1) is 0 Å². The summed E-state index contributed by atoms with van der Waals surface area (Å²) in [5.41, 5.74) is 0.176. The van der Waals surface area contributed by atoms with Crippen LogP contribution in [0.25, 0.3) is 0 Å². The van der Waals surface area contributed by atoms with E-state index in [1.807, 2.05) is 0 Å². The molecule has 0 fully saturated rings. The molecule has 0 heterocycles. The fourth-order valence-electron chi connectivity index (χ4n) is 1.26. The van der Waals surface area contributed by atoms with Crippen molar-refractivity contribution in [1.82, 2.24) is 0 Å². The van der Waals surface area contributed by atoms with Crippen molar-refractivity contribution >= 4 is 17.9 Å². The van der Waals surface area contributed by atoms with Crippen LogP contribution in [0.15, 0.2) is 12.2 Å². The van der Waals surface area contributed by atoms with Gasteiger partial charge in [0.05, 0.1) is 0 Å². The van der Waals surface area contributed by atoms with Crippen molar-refractivity contribution in [3.05, 3.63) is 12.2 Å². The zero-order chi connectivity index (χ0) is 16.0. The summed E-state index contributed by atoms with van der Waals surface area (Å²) in [5, 5.41) is 24.6. The zero-order valence-electron chi connectivity index (χ0n) is 11.9. The molecule has 6 nitrogen and oxygen atoms in total. The molecule has 0 saturated heterocycles. The zero-order valence-corrected chi connectivity index (χ0v) is 11.9. The smallest absolute Gasteiger partial charge is 0.330 e. The van der Waals surface area contributed by atoms with Gasteiger partial charge in [-0.2, -0.15) is 0 Å². The van der Waals surface area contributed by atoms with Gasteiger partial charge >= 0.3 is 17.9 Å². The predicted molar refractivity (Wildman–Crippen MR) is 74.7 cm³/mol. The Kier molecular flexibility index (Phi) is 13.9. The van der Waals surface area contributed by atoms with E-state index in [4.69, 9.17) is 15.3 Å². The summed E-state index contributed by atoms with van der Waals surface area (Å²) >= 11 is 0. The van der Waals surface area contributed by atoms with Crippen molar-refractivity contribution in [2.75, 3.05) is 0 Å². The van der Waals surface area contributed by atoms with E-state index in [2.05, 4.69) is 6.58 Å². The van der Waals surface area contributed by atoms with E-state index in [0.29, 0.717) is 0 Å². The maximum Gasteiger partial charge on any atom is 0.330 e. The van der Waals surface area contributed by atoms with Crippen molar-refractivity contribution in [2.45, 2.75) is 58.3 Å². The number of carbonyl (C=O) groups is 3. The van der Waals surface area contributed by atoms with E-state index in [9.17, 15) is 14.4 Å². The average molecular weight is 288 g/mol. The highest BCUT2D eigenvalue weighted by molar-refractivity contribution is 5.84. The van der Waals surface area contributed by atoms with Gasteiger partial charge < -0.3 is 15.3 Å². The Labute approximate surface area is 119 Å². The Morgan fingerprint density at radius 3 is 1.20 bits per heavy atom. The second-order valence-electron chi connectivity index (χ2n) is 4.49. The van der Waals surface area contributed by atoms with Gasteiger partial charge in [0, 0.05) is 18.4 Å². The predicted octanol–water partition coefficient (Wildman–Crippen LogP) is 2.92. The number of hydrogen-bond donors (Lipinski definition) is 3. The molecule has 116 valence electrons. The van der Waals surface area contributed by atoms with Gasteiger partial charge in [0.2, 0.25) is 0 Å². The van der Waals surface area contributed by atoms with Crippen LogP contribution in [-0.4, -0.2) is 33.2 Å². The third kappa shape index (κ3) is 21.4. The quantitative estimate of drug-likeness (QED) is 0.421. The number of hydrogen-bond acceptors (Lipinski definition) is 3. The number of carboxylic acids is 3. The summed E-state index contributed by atoms with van der Waals surface area (Å²) in [6.45, 7) is 4.60. The van der Waals surface area contributed by atoms with Crippen molar-refractivity contribution in [1.29, 1.82) is 0 Å². The third-order valence-electron chi connectivity index (χ3n) is 2.40. The van der Waals surface area contributed by atoms with Crippen LogP contribution in [0, 0.1) is 0 Å². The fraction of sp³-hybridized carbons (Fsp3) is 0.643. The molecule has 0 aromatic heterocycles. The third-order valence-corrected chi connectivity index (χ3v) is 2.40. The Hall–Kier alpha value is -1.85. The lowest BCUT2D eigenvalue weighted by atomic mass is 10.1. The lowest BCUT2D eigenvalue weighted by Crippen LogP contribution is -1.94. The van der Waals surface area contributed by atoms with Crippen molar-refractivity contribution in [3.8, 4) is 0 Å². The van der Waals surface area contributed by atoms with Crippen LogP contribution in [0.5, 0.6) is 0 Å². The Morgan fingerprint density at radius 1 is 0.750 bits per heavy atom. The second-order valence-corrected chi connectivity index (χ2v) is 4.49. The number of unbranched alkanes of at least 4 members (excludes halogenated alkanes) is 5. The largest absolute Gasteiger partial charge is 0.481 e. The standard InChI is InChI=1S/C10H18O4.C4H6O2/c11-9(12)7-5-3-1-2-4-6-8-10(13)14;1-3(2)4(5)6/h1-8H2,(H,11,12)(H,13,14);1H2,2H3,(H,5,6). The average Bonchev–Trinajstić information content (AvgIpc) is 2.32. The monoisotopic (exact) mass is 288 g/mol. The number of carboxylic acid groups (broad SMARTS) is 3. The molecule has 0 aromatic rings. The molecule has 0 radical (unpaired) electrons. The maximum absolute atomic E-state index is 10.1. The van der Waals surface area contributed by atoms with E-state index < -0.39 is 17.9 Å². The van der Waals surface area contributed by atoms with E-state index in [-0.39, 0.29) is 18.4 Å². The van der Waals surface area contributed by atoms with Gasteiger partial charge in [-0.05, 0) is 19.8 Å². The molecular formula is C14H24O6. The lowest BCUT2D eigenvalue weighted by Gasteiger charge is -1.98. The van der Waals surface area contributed by atoms with Crippen molar-refractivity contribution < 1.29 is 29.7 Å². The molecule has 0 aliphatic carbocycles. The molecular weight excluding hydrogens is 264 g/mol. The summed E-state index contributed by atoms with van der Waals surface area (Å²) in [6.07, 6.45) is 5.82. The minimum atomic E-state index is -0.935. The SMILES string of the molecule is C=C(C)C(=O)O.O=C(O)CCCCCCCCC(=O)O. The topological polar surface area (TPSA) is 112 Å². The molecule has 6 heteroatoms. The highest BCUT2D eigenvalue weighted by atomic mass is 16.4. The first-order chi connectivity index (χ1) is 9.27. The van der Waals surface area contributed by atoms with Crippen LogP contribution < -0.4 is 0 Å². The van der Waals surface area contributed by atoms with Gasteiger partial charge in [-0.25, -0.2) is 4.79 Å². The summed E-state index contributed by atoms with van der Waals surface area (Å²) in [6, 6.07) is 0. The van der Waals surface area contributed by atoms with Gasteiger partial charge in [0.25, 0.3) is 0 Å². The highest BCUT2D eigenvalue weighted by Gasteiger charge is 1.98. The van der Waals surface area contributed by atoms with Gasteiger partial charge in [0.1, 0.15) is 0 Å². The molecule has 0 saturated carbocycles. The molecule has 0 spiro atoms. The Bertz CT molecular complexity index is 290. The highest BCUT2D eigenvalue weighted by Crippen LogP contribution is 2.08. The van der Waals surface area contributed by atoms with Crippen molar-refractivity contribution in [2.24, 2.45) is 0 Å². The molecule has 0 aliphatic rings. The van der Waals surface area contributed by atoms with Crippen LogP contribution in [0.1, 0.15) is 58.3 Å². The second kappa shape index (κ2) is 13.6. The molecule has 20 heavy (non-hydrogen) atoms. The first-order valence-electron chi connectivity index (χ1n) is 6.59. The Morgan fingerprint density at radius 2 is 1.00 bits per heavy atom. The molecule has 0 unspecified atom stereocenters. The minimum absolute atomic E-state index is 0.176. The summed E-state index contributed by atoms with van der Waals surface area (Å²) in [7, 11) is 0. The Balaban J connectivity index is 0. The molecule has 0 bridgehead atoms. The van der Waals surface area contributed by atoms with E-state index in [1.165, 1.54) is 6.92 Å². The fourth-order valence-corrected chi connectivity index (χ4v) is 1.26. The van der Waals surface area contributed by atoms with Gasteiger partial charge in [-0.1, -0.05) is 32.3 Å². The molecule has 0 rings (SSSR count).